The lowest BCUT2D eigenvalue weighted by molar-refractivity contribution is 0.102. The molecule has 0 bridgehead atoms. The summed E-state index contributed by atoms with van der Waals surface area (Å²) in [5.41, 5.74) is 4.75. The van der Waals surface area contributed by atoms with Crippen LogP contribution in [-0.4, -0.2) is 5.91 Å². The molecule has 0 aromatic heterocycles. The van der Waals surface area contributed by atoms with E-state index in [9.17, 15) is 4.79 Å². The first kappa shape index (κ1) is 21.7. The fourth-order valence-electron chi connectivity index (χ4n) is 3.17. The SMILES string of the molecule is Cc1ccccc1NC(=O)c1ccc(C(C)CCc2cc(Cl)c(Cl)c(Cl)c2)cc1. The molecule has 5 heteroatoms. The van der Waals surface area contributed by atoms with Gasteiger partial charge in [0.25, 0.3) is 5.91 Å². The second kappa shape index (κ2) is 9.67. The summed E-state index contributed by atoms with van der Waals surface area (Å²) in [6, 6.07) is 19.2. The lowest BCUT2D eigenvalue weighted by atomic mass is 9.93. The average molecular weight is 447 g/mol. The van der Waals surface area contributed by atoms with Crippen LogP contribution in [0.25, 0.3) is 0 Å². The number of rotatable bonds is 6. The molecule has 1 N–H and O–H groups in total. The quantitative estimate of drug-likeness (QED) is 0.382. The van der Waals surface area contributed by atoms with Gasteiger partial charge in [-0.05, 0) is 72.7 Å². The molecule has 0 radical (unpaired) electrons. The first-order chi connectivity index (χ1) is 13.8. The van der Waals surface area contributed by atoms with Gasteiger partial charge in [-0.1, -0.05) is 72.1 Å². The average Bonchev–Trinajstić information content (AvgIpc) is 2.72. The second-order valence-electron chi connectivity index (χ2n) is 7.20. The molecule has 29 heavy (non-hydrogen) atoms. The van der Waals surface area contributed by atoms with Crippen molar-refractivity contribution in [2.45, 2.75) is 32.6 Å². The minimum Gasteiger partial charge on any atom is -0.322 e. The van der Waals surface area contributed by atoms with E-state index >= 15 is 0 Å². The first-order valence-electron chi connectivity index (χ1n) is 9.45. The third-order valence-electron chi connectivity index (χ3n) is 5.04. The Labute approximate surface area is 186 Å². The van der Waals surface area contributed by atoms with Gasteiger partial charge >= 0.3 is 0 Å². The number of nitrogens with one attached hydrogen (secondary N) is 1. The van der Waals surface area contributed by atoms with Gasteiger partial charge in [-0.2, -0.15) is 0 Å². The number of hydrogen-bond donors (Lipinski definition) is 1. The number of benzene rings is 3. The standard InChI is InChI=1S/C24H22Cl3NO/c1-15(7-8-17-13-20(25)23(27)21(26)14-17)18-9-11-19(12-10-18)24(29)28-22-6-4-3-5-16(22)2/h3-6,9-15H,7-8H2,1-2H3,(H,28,29). The summed E-state index contributed by atoms with van der Waals surface area (Å²) in [7, 11) is 0. The maximum Gasteiger partial charge on any atom is 0.255 e. The smallest absolute Gasteiger partial charge is 0.255 e. The van der Waals surface area contributed by atoms with Crippen molar-refractivity contribution in [1.29, 1.82) is 0 Å². The minimum absolute atomic E-state index is 0.107. The van der Waals surface area contributed by atoms with Crippen LogP contribution in [0.3, 0.4) is 0 Å². The lowest BCUT2D eigenvalue weighted by Crippen LogP contribution is -2.12. The van der Waals surface area contributed by atoms with Crippen molar-refractivity contribution in [3.63, 3.8) is 0 Å². The molecule has 1 amide bonds. The highest BCUT2D eigenvalue weighted by Crippen LogP contribution is 2.32. The topological polar surface area (TPSA) is 29.1 Å². The highest BCUT2D eigenvalue weighted by atomic mass is 35.5. The van der Waals surface area contributed by atoms with E-state index in [-0.39, 0.29) is 5.91 Å². The van der Waals surface area contributed by atoms with E-state index in [0.717, 1.165) is 29.7 Å². The molecular weight excluding hydrogens is 425 g/mol. The fraction of sp³-hybridized carbons (Fsp3) is 0.208. The zero-order chi connectivity index (χ0) is 21.0. The Kier molecular flexibility index (Phi) is 7.23. The van der Waals surface area contributed by atoms with E-state index < -0.39 is 0 Å². The van der Waals surface area contributed by atoms with E-state index in [1.807, 2.05) is 67.6 Å². The van der Waals surface area contributed by atoms with Crippen molar-refractivity contribution < 1.29 is 4.79 Å². The Morgan fingerprint density at radius 1 is 0.966 bits per heavy atom. The zero-order valence-corrected chi connectivity index (χ0v) is 18.6. The summed E-state index contributed by atoms with van der Waals surface area (Å²) >= 11 is 18.2. The van der Waals surface area contributed by atoms with E-state index in [1.54, 1.807) is 0 Å². The molecule has 3 aromatic rings. The highest BCUT2D eigenvalue weighted by Gasteiger charge is 2.12. The first-order valence-corrected chi connectivity index (χ1v) is 10.6. The zero-order valence-electron chi connectivity index (χ0n) is 16.3. The molecule has 1 atom stereocenters. The van der Waals surface area contributed by atoms with Gasteiger partial charge in [-0.15, -0.1) is 0 Å². The molecule has 0 spiro atoms. The molecular formula is C24H22Cl3NO. The number of para-hydroxylation sites is 1. The summed E-state index contributed by atoms with van der Waals surface area (Å²) in [5, 5.41) is 4.31. The number of amides is 1. The molecule has 0 aliphatic rings. The van der Waals surface area contributed by atoms with E-state index in [1.165, 1.54) is 5.56 Å². The van der Waals surface area contributed by atoms with Crippen molar-refractivity contribution >= 4 is 46.4 Å². The van der Waals surface area contributed by atoms with Gasteiger partial charge in [0.2, 0.25) is 0 Å². The number of carbonyl (C=O) groups is 1. The molecule has 0 aliphatic carbocycles. The molecule has 0 saturated carbocycles. The summed E-state index contributed by atoms with van der Waals surface area (Å²) in [5.74, 6) is 0.223. The van der Waals surface area contributed by atoms with Gasteiger partial charge in [0.15, 0.2) is 0 Å². The van der Waals surface area contributed by atoms with Crippen molar-refractivity contribution in [1.82, 2.24) is 0 Å². The Morgan fingerprint density at radius 3 is 2.21 bits per heavy atom. The van der Waals surface area contributed by atoms with Crippen LogP contribution in [0.4, 0.5) is 5.69 Å². The van der Waals surface area contributed by atoms with E-state index in [0.29, 0.717) is 26.5 Å². The van der Waals surface area contributed by atoms with E-state index in [4.69, 9.17) is 34.8 Å². The third-order valence-corrected chi connectivity index (χ3v) is 6.24. The fourth-order valence-corrected chi connectivity index (χ4v) is 3.81. The van der Waals surface area contributed by atoms with Crippen LogP contribution in [0.1, 0.15) is 46.3 Å². The van der Waals surface area contributed by atoms with Crippen molar-refractivity contribution in [3.8, 4) is 0 Å². The largest absolute Gasteiger partial charge is 0.322 e. The van der Waals surface area contributed by atoms with Crippen LogP contribution in [0, 0.1) is 6.92 Å². The maximum absolute atomic E-state index is 12.5. The number of carbonyl (C=O) groups excluding carboxylic acids is 1. The molecule has 150 valence electrons. The molecule has 0 saturated heterocycles. The van der Waals surface area contributed by atoms with Gasteiger partial charge in [-0.25, -0.2) is 0 Å². The van der Waals surface area contributed by atoms with Crippen LogP contribution in [-0.2, 0) is 6.42 Å². The maximum atomic E-state index is 12.5. The summed E-state index contributed by atoms with van der Waals surface area (Å²) < 4.78 is 0. The number of hydrogen-bond acceptors (Lipinski definition) is 1. The monoisotopic (exact) mass is 445 g/mol. The predicted octanol–water partition coefficient (Wildman–Crippen LogP) is 7.94. The third kappa shape index (κ3) is 5.54. The van der Waals surface area contributed by atoms with E-state index in [2.05, 4.69) is 12.2 Å². The number of aryl methyl sites for hydroxylation is 2. The van der Waals surface area contributed by atoms with Gasteiger partial charge in [0, 0.05) is 11.3 Å². The van der Waals surface area contributed by atoms with Gasteiger partial charge < -0.3 is 5.32 Å². The van der Waals surface area contributed by atoms with Crippen LogP contribution >= 0.6 is 34.8 Å². The van der Waals surface area contributed by atoms with Crippen LogP contribution in [0.15, 0.2) is 60.7 Å². The second-order valence-corrected chi connectivity index (χ2v) is 8.40. The van der Waals surface area contributed by atoms with Crippen LogP contribution < -0.4 is 5.32 Å². The molecule has 2 nitrogen and oxygen atoms in total. The van der Waals surface area contributed by atoms with Crippen LogP contribution in [0.5, 0.6) is 0 Å². The Balaban J connectivity index is 1.62. The van der Waals surface area contributed by atoms with Gasteiger partial charge in [0.05, 0.1) is 15.1 Å². The Hall–Kier alpha value is -2.00. The summed E-state index contributed by atoms with van der Waals surface area (Å²) in [4.78, 5) is 12.5. The molecule has 3 aromatic carbocycles. The molecule has 0 fully saturated rings. The lowest BCUT2D eigenvalue weighted by Gasteiger charge is -2.14. The predicted molar refractivity (Wildman–Crippen MR) is 124 cm³/mol. The highest BCUT2D eigenvalue weighted by molar-refractivity contribution is 6.48. The van der Waals surface area contributed by atoms with Gasteiger partial charge in [0.1, 0.15) is 0 Å². The van der Waals surface area contributed by atoms with Crippen LogP contribution in [0.2, 0.25) is 15.1 Å². The Morgan fingerprint density at radius 2 is 1.59 bits per heavy atom. The summed E-state index contributed by atoms with van der Waals surface area (Å²) in [6.07, 6.45) is 1.77. The molecule has 3 rings (SSSR count). The number of anilines is 1. The Bertz CT molecular complexity index is 992. The van der Waals surface area contributed by atoms with Crippen molar-refractivity contribution in [3.05, 3.63) is 98.0 Å². The number of halogens is 3. The summed E-state index contributed by atoms with van der Waals surface area (Å²) in [6.45, 7) is 4.14. The van der Waals surface area contributed by atoms with Crippen molar-refractivity contribution in [2.24, 2.45) is 0 Å². The van der Waals surface area contributed by atoms with Gasteiger partial charge in [-0.3, -0.25) is 4.79 Å². The molecule has 0 heterocycles. The normalized spacial score (nSPS) is 11.9. The minimum atomic E-state index is -0.107. The van der Waals surface area contributed by atoms with Crippen molar-refractivity contribution in [2.75, 3.05) is 5.32 Å². The molecule has 1 unspecified atom stereocenters. The molecule has 0 aliphatic heterocycles.